The number of non-ortho nitro benzene ring substituents is 1. The molecule has 0 fully saturated rings. The van der Waals surface area contributed by atoms with Crippen molar-refractivity contribution in [1.82, 2.24) is 0 Å². The number of anilines is 1. The van der Waals surface area contributed by atoms with E-state index in [2.05, 4.69) is 5.32 Å². The lowest BCUT2D eigenvalue weighted by Crippen LogP contribution is -2.16. The van der Waals surface area contributed by atoms with Crippen LogP contribution in [0.3, 0.4) is 0 Å². The monoisotopic (exact) mass is 815 g/mol. The van der Waals surface area contributed by atoms with Gasteiger partial charge in [-0.05, 0) is 30.3 Å². The largest absolute Gasteiger partial charge is 0.491 e. The van der Waals surface area contributed by atoms with E-state index in [4.69, 9.17) is 56.8 Å². The van der Waals surface area contributed by atoms with Crippen LogP contribution in [0.25, 0.3) is 0 Å². The highest BCUT2D eigenvalue weighted by molar-refractivity contribution is 5.74. The maximum absolute atomic E-state index is 11.2. The molecule has 0 radical (unpaired) electrons. The van der Waals surface area contributed by atoms with Crippen molar-refractivity contribution in [3.63, 3.8) is 0 Å². The number of aldehydes is 1. The fourth-order valence-corrected chi connectivity index (χ4v) is 4.35. The maximum Gasteiger partial charge on any atom is 0.299 e. The van der Waals surface area contributed by atoms with Crippen molar-refractivity contribution in [3.05, 3.63) is 68.3 Å². The van der Waals surface area contributed by atoms with E-state index in [-0.39, 0.29) is 30.2 Å². The minimum atomic E-state index is -0.683. The molecule has 0 unspecified atom stereocenters. The first kappa shape index (κ1) is 49.2. The van der Waals surface area contributed by atoms with Crippen LogP contribution in [-0.4, -0.2) is 175 Å². The summed E-state index contributed by atoms with van der Waals surface area (Å²) < 4.78 is 65.6. The number of nitrogens with zero attached hydrogens (tertiary/aromatic N) is 2. The van der Waals surface area contributed by atoms with E-state index in [1.165, 1.54) is 12.1 Å². The van der Waals surface area contributed by atoms with Crippen LogP contribution in [0.2, 0.25) is 0 Å². The molecule has 1 N–H and O–H groups in total. The highest BCUT2D eigenvalue weighted by Gasteiger charge is 2.19. The summed E-state index contributed by atoms with van der Waals surface area (Å²) in [6, 6.07) is 10.3. The molecule has 0 amide bonds. The average molecular weight is 816 g/mol. The summed E-state index contributed by atoms with van der Waals surface area (Å²) in [7, 11) is 0. The normalized spacial score (nSPS) is 11.2. The van der Waals surface area contributed by atoms with Crippen molar-refractivity contribution < 1.29 is 71.5 Å². The molecule has 2 aromatic carbocycles. The molecule has 0 aromatic heterocycles. The van der Waals surface area contributed by atoms with E-state index < -0.39 is 9.85 Å². The molecule has 0 saturated carbocycles. The number of nitro groups is 2. The Labute approximate surface area is 332 Å². The number of nitrogens with one attached hydrogen (secondary N) is 1. The predicted octanol–water partition coefficient (Wildman–Crippen LogP) is 2.99. The summed E-state index contributed by atoms with van der Waals surface area (Å²) in [6.45, 7) is 10.3. The highest BCUT2D eigenvalue weighted by Crippen LogP contribution is 2.28. The average Bonchev–Trinajstić information content (AvgIpc) is 3.22. The smallest absolute Gasteiger partial charge is 0.299 e. The van der Waals surface area contributed by atoms with Crippen LogP contribution in [0.1, 0.15) is 10.4 Å². The third-order valence-corrected chi connectivity index (χ3v) is 7.18. The van der Waals surface area contributed by atoms with Crippen LogP contribution in [0.15, 0.2) is 42.5 Å². The van der Waals surface area contributed by atoms with Crippen LogP contribution in [-0.2, 0) is 52.1 Å². The number of hydrogen-bond acceptors (Lipinski definition) is 18. The second kappa shape index (κ2) is 35.2. The second-order valence-corrected chi connectivity index (χ2v) is 11.4. The Balaban J connectivity index is 1.18. The minimum Gasteiger partial charge on any atom is -0.491 e. The van der Waals surface area contributed by atoms with Gasteiger partial charge in [0.05, 0.1) is 161 Å². The molecule has 2 rings (SSSR count). The first-order valence-electron chi connectivity index (χ1n) is 18.7. The lowest BCUT2D eigenvalue weighted by molar-refractivity contribution is -0.393. The molecule has 322 valence electrons. The molecule has 2 aromatic rings. The van der Waals surface area contributed by atoms with Crippen LogP contribution >= 0.6 is 0 Å². The molecular formula is C37H57N3O17. The van der Waals surface area contributed by atoms with Crippen molar-refractivity contribution in [2.45, 2.75) is 0 Å². The van der Waals surface area contributed by atoms with Crippen molar-refractivity contribution in [3.8, 4) is 5.75 Å². The van der Waals surface area contributed by atoms with Gasteiger partial charge in [-0.2, -0.15) is 0 Å². The Bertz CT molecular complexity index is 1310. The summed E-state index contributed by atoms with van der Waals surface area (Å²) in [5, 5.41) is 24.8. The number of carbonyl (C=O) groups excluding carboxylic acids is 1. The van der Waals surface area contributed by atoms with Gasteiger partial charge in [0.25, 0.3) is 11.4 Å². The zero-order valence-electron chi connectivity index (χ0n) is 32.4. The van der Waals surface area contributed by atoms with Crippen molar-refractivity contribution in [2.24, 2.45) is 0 Å². The highest BCUT2D eigenvalue weighted by atomic mass is 16.6. The Kier molecular flexibility index (Phi) is 30.4. The predicted molar refractivity (Wildman–Crippen MR) is 205 cm³/mol. The topological polar surface area (TPSA) is 226 Å². The number of hydrogen-bond donors (Lipinski definition) is 1. The van der Waals surface area contributed by atoms with Gasteiger partial charge >= 0.3 is 0 Å². The van der Waals surface area contributed by atoms with Crippen LogP contribution in [0, 0.1) is 20.2 Å². The Morgan fingerprint density at radius 2 is 0.807 bits per heavy atom. The number of nitro benzene ring substituents is 2. The lowest BCUT2D eigenvalue weighted by atomic mass is 10.2. The molecule has 0 spiro atoms. The number of rotatable bonds is 41. The van der Waals surface area contributed by atoms with Crippen molar-refractivity contribution in [1.29, 1.82) is 0 Å². The van der Waals surface area contributed by atoms with E-state index >= 15 is 0 Å². The minimum absolute atomic E-state index is 0.181. The second-order valence-electron chi connectivity index (χ2n) is 11.4. The zero-order chi connectivity index (χ0) is 40.9. The maximum atomic E-state index is 11.2. The van der Waals surface area contributed by atoms with Gasteiger partial charge in [-0.3, -0.25) is 25.0 Å². The van der Waals surface area contributed by atoms with E-state index in [1.807, 2.05) is 0 Å². The summed E-state index contributed by atoms with van der Waals surface area (Å²) in [6.07, 6.45) is 0.790. The molecule has 0 heterocycles. The van der Waals surface area contributed by atoms with Gasteiger partial charge in [0.15, 0.2) is 0 Å². The van der Waals surface area contributed by atoms with Crippen LogP contribution in [0.5, 0.6) is 5.75 Å². The number of benzene rings is 2. The van der Waals surface area contributed by atoms with E-state index in [1.54, 1.807) is 24.3 Å². The van der Waals surface area contributed by atoms with E-state index in [0.717, 1.165) is 12.4 Å². The van der Waals surface area contributed by atoms with Gasteiger partial charge in [-0.25, -0.2) is 0 Å². The quantitative estimate of drug-likeness (QED) is 0.0440. The summed E-state index contributed by atoms with van der Waals surface area (Å²) >= 11 is 0. The van der Waals surface area contributed by atoms with Gasteiger partial charge in [0, 0.05) is 18.2 Å². The number of carbonyl (C=O) groups is 1. The van der Waals surface area contributed by atoms with Crippen molar-refractivity contribution >= 4 is 23.3 Å². The Hall–Kier alpha value is -3.93. The third kappa shape index (κ3) is 27.4. The van der Waals surface area contributed by atoms with Gasteiger partial charge in [-0.1, -0.05) is 0 Å². The molecule has 20 nitrogen and oxygen atoms in total. The molecule has 0 aliphatic carbocycles. The van der Waals surface area contributed by atoms with Gasteiger partial charge in [0.1, 0.15) is 24.3 Å². The first-order chi connectivity index (χ1) is 28.0. The van der Waals surface area contributed by atoms with Gasteiger partial charge in [0.2, 0.25) is 0 Å². The fourth-order valence-electron chi connectivity index (χ4n) is 4.35. The Morgan fingerprint density at radius 3 is 1.14 bits per heavy atom. The van der Waals surface area contributed by atoms with Crippen LogP contribution < -0.4 is 10.1 Å². The Morgan fingerprint density at radius 1 is 0.456 bits per heavy atom. The zero-order valence-corrected chi connectivity index (χ0v) is 32.4. The first-order valence-corrected chi connectivity index (χ1v) is 18.7. The molecule has 0 aliphatic rings. The standard InChI is InChI=1S/C37H57N3O17/c41-32-33-1-4-35(5-2-33)57-30-29-56-28-27-55-26-25-54-24-23-53-22-21-52-20-19-51-18-17-50-16-15-49-14-13-48-12-11-47-10-9-46-8-7-38-36-6-3-34(39(42)43)31-37(36)40(44)45/h1-6,31-32,38H,7-30H2. The number of ether oxygens (including phenoxy) is 12. The molecule has 0 bridgehead atoms. The lowest BCUT2D eigenvalue weighted by Gasteiger charge is -2.09. The van der Waals surface area contributed by atoms with Gasteiger partial charge in [-0.15, -0.1) is 0 Å². The SMILES string of the molecule is O=Cc1ccc(OCCOCCOCCOCCOCCOCCOCCOCCOCCOCCOCCOCCNc2ccc([N+](=O)[O-])cc2[N+](=O)[O-])cc1. The summed E-state index contributed by atoms with van der Waals surface area (Å²) in [4.78, 5) is 31.3. The molecule has 57 heavy (non-hydrogen) atoms. The molecule has 20 heteroatoms. The fraction of sp³-hybridized carbons (Fsp3) is 0.649. The molecule has 0 saturated heterocycles. The van der Waals surface area contributed by atoms with Gasteiger partial charge < -0.3 is 62.2 Å². The van der Waals surface area contributed by atoms with E-state index in [9.17, 15) is 25.0 Å². The van der Waals surface area contributed by atoms with Crippen LogP contribution in [0.4, 0.5) is 17.1 Å². The summed E-state index contributed by atoms with van der Waals surface area (Å²) in [5.41, 5.74) is 0.0695. The molecule has 0 atom stereocenters. The molecular weight excluding hydrogens is 758 g/mol. The third-order valence-electron chi connectivity index (χ3n) is 7.18. The van der Waals surface area contributed by atoms with Crippen molar-refractivity contribution in [2.75, 3.05) is 164 Å². The molecule has 0 aliphatic heterocycles. The van der Waals surface area contributed by atoms with E-state index in [0.29, 0.717) is 157 Å². The summed E-state index contributed by atoms with van der Waals surface area (Å²) in [5.74, 6) is 0.692.